The second-order valence-electron chi connectivity index (χ2n) is 6.07. The molecule has 0 aliphatic rings. The van der Waals surface area contributed by atoms with E-state index >= 15 is 0 Å². The summed E-state index contributed by atoms with van der Waals surface area (Å²) < 4.78 is 5.47. The zero-order chi connectivity index (χ0) is 19.8. The summed E-state index contributed by atoms with van der Waals surface area (Å²) in [6, 6.07) is 12.0. The van der Waals surface area contributed by atoms with Crippen LogP contribution in [0.1, 0.15) is 42.6 Å². The standard InChI is InChI=1S/C21H24N2O4/c1-4-19(24)15-7-10-17(11-8-15)27-13-21(26)23-18-12-16(9-6-14(18)3)22-20(25)5-2/h6-12H,4-5,13H2,1-3H3,(H,22,25)(H,23,26). The smallest absolute Gasteiger partial charge is 0.262 e. The molecule has 0 radical (unpaired) electrons. The van der Waals surface area contributed by atoms with Crippen LogP contribution < -0.4 is 15.4 Å². The molecule has 0 fully saturated rings. The highest BCUT2D eigenvalue weighted by molar-refractivity contribution is 5.96. The number of nitrogens with one attached hydrogen (secondary N) is 2. The molecular formula is C21H24N2O4. The average molecular weight is 368 g/mol. The zero-order valence-electron chi connectivity index (χ0n) is 15.8. The maximum atomic E-state index is 12.2. The van der Waals surface area contributed by atoms with Gasteiger partial charge in [0.2, 0.25) is 5.91 Å². The summed E-state index contributed by atoms with van der Waals surface area (Å²) in [5.74, 6) is 0.165. The molecule has 142 valence electrons. The summed E-state index contributed by atoms with van der Waals surface area (Å²) in [6.45, 7) is 5.29. The number of carbonyl (C=O) groups excluding carboxylic acids is 3. The van der Waals surface area contributed by atoms with E-state index < -0.39 is 0 Å². The Balaban J connectivity index is 1.94. The molecule has 2 amide bonds. The van der Waals surface area contributed by atoms with Crippen LogP contribution in [0, 0.1) is 6.92 Å². The third-order valence-corrected chi connectivity index (χ3v) is 3.98. The molecule has 2 aromatic carbocycles. The van der Waals surface area contributed by atoms with Crippen LogP contribution in [0.4, 0.5) is 11.4 Å². The van der Waals surface area contributed by atoms with Gasteiger partial charge in [0.25, 0.3) is 5.91 Å². The van der Waals surface area contributed by atoms with Crippen molar-refractivity contribution in [2.24, 2.45) is 0 Å². The largest absolute Gasteiger partial charge is 0.484 e. The summed E-state index contributed by atoms with van der Waals surface area (Å²) in [5.41, 5.74) is 2.73. The van der Waals surface area contributed by atoms with Crippen molar-refractivity contribution in [3.05, 3.63) is 53.6 Å². The van der Waals surface area contributed by atoms with Crippen molar-refractivity contribution in [1.82, 2.24) is 0 Å². The second-order valence-corrected chi connectivity index (χ2v) is 6.07. The Morgan fingerprint density at radius 1 is 0.889 bits per heavy atom. The van der Waals surface area contributed by atoms with Crippen LogP contribution >= 0.6 is 0 Å². The number of amides is 2. The number of ether oxygens (including phenoxy) is 1. The van der Waals surface area contributed by atoms with Gasteiger partial charge in [0.05, 0.1) is 0 Å². The number of benzene rings is 2. The van der Waals surface area contributed by atoms with E-state index in [0.717, 1.165) is 5.56 Å². The van der Waals surface area contributed by atoms with Gasteiger partial charge in [0.1, 0.15) is 5.75 Å². The molecule has 6 heteroatoms. The molecule has 6 nitrogen and oxygen atoms in total. The number of Topliss-reactive ketones (excluding diaryl/α,β-unsaturated/α-hetero) is 1. The molecule has 0 heterocycles. The summed E-state index contributed by atoms with van der Waals surface area (Å²) in [6.07, 6.45) is 0.825. The number of rotatable bonds is 8. The van der Waals surface area contributed by atoms with E-state index in [4.69, 9.17) is 4.74 Å². The molecule has 2 aromatic rings. The first-order chi connectivity index (χ1) is 12.9. The molecule has 0 aromatic heterocycles. The first-order valence-corrected chi connectivity index (χ1v) is 8.89. The Morgan fingerprint density at radius 2 is 1.59 bits per heavy atom. The van der Waals surface area contributed by atoms with Crippen molar-refractivity contribution < 1.29 is 19.1 Å². The molecule has 2 N–H and O–H groups in total. The first-order valence-electron chi connectivity index (χ1n) is 8.89. The molecule has 0 spiro atoms. The van der Waals surface area contributed by atoms with Crippen LogP contribution in [0.2, 0.25) is 0 Å². The zero-order valence-corrected chi connectivity index (χ0v) is 15.8. The van der Waals surface area contributed by atoms with Crippen LogP contribution in [0.5, 0.6) is 5.75 Å². The fourth-order valence-corrected chi connectivity index (χ4v) is 2.36. The van der Waals surface area contributed by atoms with Crippen molar-refractivity contribution in [3.8, 4) is 5.75 Å². The van der Waals surface area contributed by atoms with Gasteiger partial charge in [-0.1, -0.05) is 19.9 Å². The van der Waals surface area contributed by atoms with Gasteiger partial charge in [-0.25, -0.2) is 0 Å². The predicted octanol–water partition coefficient (Wildman–Crippen LogP) is 3.95. The molecule has 0 unspecified atom stereocenters. The van der Waals surface area contributed by atoms with E-state index in [1.807, 2.05) is 19.9 Å². The summed E-state index contributed by atoms with van der Waals surface area (Å²) >= 11 is 0. The van der Waals surface area contributed by atoms with Gasteiger partial charge in [0, 0.05) is 29.8 Å². The average Bonchev–Trinajstić information content (AvgIpc) is 2.68. The SMILES string of the molecule is CCC(=O)Nc1ccc(C)c(NC(=O)COc2ccc(C(=O)CC)cc2)c1. The van der Waals surface area contributed by atoms with E-state index in [-0.39, 0.29) is 24.2 Å². The number of ketones is 1. The van der Waals surface area contributed by atoms with E-state index in [1.165, 1.54) is 0 Å². The Morgan fingerprint density at radius 3 is 2.22 bits per heavy atom. The third kappa shape index (κ3) is 5.95. The van der Waals surface area contributed by atoms with Gasteiger partial charge in [0.15, 0.2) is 12.4 Å². The molecule has 0 saturated carbocycles. The monoisotopic (exact) mass is 368 g/mol. The normalized spacial score (nSPS) is 10.2. The highest BCUT2D eigenvalue weighted by Gasteiger charge is 2.09. The minimum Gasteiger partial charge on any atom is -0.484 e. The van der Waals surface area contributed by atoms with Gasteiger partial charge in [-0.05, 0) is 48.9 Å². The van der Waals surface area contributed by atoms with Gasteiger partial charge in [-0.2, -0.15) is 0 Å². The number of hydrogen-bond donors (Lipinski definition) is 2. The van der Waals surface area contributed by atoms with Crippen molar-refractivity contribution in [2.45, 2.75) is 33.6 Å². The molecule has 0 saturated heterocycles. The molecule has 0 bridgehead atoms. The third-order valence-electron chi connectivity index (χ3n) is 3.98. The second kappa shape index (κ2) is 9.52. The van der Waals surface area contributed by atoms with E-state index in [1.54, 1.807) is 43.3 Å². The van der Waals surface area contributed by atoms with E-state index in [2.05, 4.69) is 10.6 Å². The summed E-state index contributed by atoms with van der Waals surface area (Å²) in [5, 5.41) is 5.54. The number of hydrogen-bond acceptors (Lipinski definition) is 4. The topological polar surface area (TPSA) is 84.5 Å². The fourth-order valence-electron chi connectivity index (χ4n) is 2.36. The maximum Gasteiger partial charge on any atom is 0.262 e. The lowest BCUT2D eigenvalue weighted by Crippen LogP contribution is -2.21. The van der Waals surface area contributed by atoms with Crippen LogP contribution in [0.15, 0.2) is 42.5 Å². The highest BCUT2D eigenvalue weighted by atomic mass is 16.5. The van der Waals surface area contributed by atoms with Crippen LogP contribution in [-0.4, -0.2) is 24.2 Å². The molecular weight excluding hydrogens is 344 g/mol. The van der Waals surface area contributed by atoms with Gasteiger partial charge >= 0.3 is 0 Å². The number of anilines is 2. The summed E-state index contributed by atoms with van der Waals surface area (Å²) in [7, 11) is 0. The minimum absolute atomic E-state index is 0.0600. The summed E-state index contributed by atoms with van der Waals surface area (Å²) in [4.78, 5) is 35.3. The van der Waals surface area contributed by atoms with Crippen molar-refractivity contribution >= 4 is 29.0 Å². The van der Waals surface area contributed by atoms with Crippen molar-refractivity contribution in [2.75, 3.05) is 17.2 Å². The molecule has 27 heavy (non-hydrogen) atoms. The molecule has 0 aliphatic heterocycles. The quantitative estimate of drug-likeness (QED) is 0.691. The van der Waals surface area contributed by atoms with Gasteiger partial charge in [-0.15, -0.1) is 0 Å². The molecule has 0 atom stereocenters. The first kappa shape index (κ1) is 20.2. The maximum absolute atomic E-state index is 12.2. The Hall–Kier alpha value is -3.15. The fraction of sp³-hybridized carbons (Fsp3) is 0.286. The van der Waals surface area contributed by atoms with Crippen LogP contribution in [0.25, 0.3) is 0 Å². The number of aryl methyl sites for hydroxylation is 1. The molecule has 2 rings (SSSR count). The molecule has 0 aliphatic carbocycles. The lowest BCUT2D eigenvalue weighted by atomic mass is 10.1. The Labute approximate surface area is 158 Å². The Kier molecular flexibility index (Phi) is 7.11. The predicted molar refractivity (Wildman–Crippen MR) is 105 cm³/mol. The van der Waals surface area contributed by atoms with Crippen molar-refractivity contribution in [3.63, 3.8) is 0 Å². The van der Waals surface area contributed by atoms with Gasteiger partial charge in [-0.3, -0.25) is 14.4 Å². The van der Waals surface area contributed by atoms with E-state index in [9.17, 15) is 14.4 Å². The highest BCUT2D eigenvalue weighted by Crippen LogP contribution is 2.21. The van der Waals surface area contributed by atoms with Crippen LogP contribution in [0.3, 0.4) is 0 Å². The lowest BCUT2D eigenvalue weighted by molar-refractivity contribution is -0.118. The Bertz CT molecular complexity index is 829. The number of carbonyl (C=O) groups is 3. The minimum atomic E-state index is -0.314. The lowest BCUT2D eigenvalue weighted by Gasteiger charge is -2.12. The van der Waals surface area contributed by atoms with Gasteiger partial charge < -0.3 is 15.4 Å². The van der Waals surface area contributed by atoms with Crippen LogP contribution in [-0.2, 0) is 9.59 Å². The van der Waals surface area contributed by atoms with Crippen molar-refractivity contribution in [1.29, 1.82) is 0 Å². The van der Waals surface area contributed by atoms with E-state index in [0.29, 0.717) is 35.5 Å².